The van der Waals surface area contributed by atoms with Crippen LogP contribution in [-0.4, -0.2) is 9.97 Å². The third-order valence-electron chi connectivity index (χ3n) is 3.09. The fourth-order valence-electron chi connectivity index (χ4n) is 2.11. The Morgan fingerprint density at radius 2 is 1.73 bits per heavy atom. The molecule has 0 radical (unpaired) electrons. The van der Waals surface area contributed by atoms with Crippen molar-refractivity contribution >= 4 is 0 Å². The topological polar surface area (TPSA) is 35.0 Å². The Balaban J connectivity index is 0.00000176. The predicted molar refractivity (Wildman–Crippen MR) is 82.3 cm³/mol. The molecule has 0 spiro atoms. The number of hydrogen-bond donors (Lipinski definition) is 0. The molecule has 0 aliphatic carbocycles. The molecular formula is C18H15N2OPt-. The quantitative estimate of drug-likeness (QED) is 0.534. The molecule has 1 aromatic heterocycles. The molecule has 22 heavy (non-hydrogen) atoms. The minimum absolute atomic E-state index is 0. The second-order valence-corrected chi connectivity index (χ2v) is 4.80. The van der Waals surface area contributed by atoms with Crippen molar-refractivity contribution in [3.8, 4) is 22.8 Å². The number of aromatic nitrogens is 2. The number of para-hydroxylation sites is 1. The van der Waals surface area contributed by atoms with Crippen LogP contribution in [0.1, 0.15) is 11.4 Å². The average molecular weight is 470 g/mol. The average Bonchev–Trinajstić information content (AvgIpc) is 2.49. The molecule has 3 rings (SSSR count). The second kappa shape index (κ2) is 7.33. The van der Waals surface area contributed by atoms with Gasteiger partial charge in [0.05, 0.1) is 5.69 Å². The minimum Gasteiger partial charge on any atom is -0.502 e. The number of aryl methyl sites for hydroxylation is 2. The summed E-state index contributed by atoms with van der Waals surface area (Å²) in [5, 5.41) is 0. The van der Waals surface area contributed by atoms with E-state index in [2.05, 4.69) is 16.0 Å². The SMILES string of the molecule is Cc1cnc(-c2[c-]cc(Oc3ccccc3)cc2)c(C)n1.[Pt]. The summed E-state index contributed by atoms with van der Waals surface area (Å²) in [5.41, 5.74) is 3.59. The van der Waals surface area contributed by atoms with Crippen LogP contribution < -0.4 is 4.74 Å². The molecule has 0 atom stereocenters. The van der Waals surface area contributed by atoms with E-state index < -0.39 is 0 Å². The first kappa shape index (κ1) is 16.4. The van der Waals surface area contributed by atoms with Gasteiger partial charge in [-0.1, -0.05) is 18.2 Å². The van der Waals surface area contributed by atoms with Gasteiger partial charge in [0.1, 0.15) is 5.75 Å². The summed E-state index contributed by atoms with van der Waals surface area (Å²) in [4.78, 5) is 8.85. The van der Waals surface area contributed by atoms with E-state index in [4.69, 9.17) is 4.74 Å². The Labute approximate surface area is 144 Å². The molecule has 3 nitrogen and oxygen atoms in total. The molecule has 0 amide bonds. The first-order valence-electron chi connectivity index (χ1n) is 6.77. The normalized spacial score (nSPS) is 9.91. The molecule has 1 heterocycles. The standard InChI is InChI=1S/C18H15N2O.Pt/c1-13-12-19-18(14(2)20-13)15-8-10-17(11-9-15)21-16-6-4-3-5-7-16;/h3-8,10-12H,1-2H3;/q-1;. The van der Waals surface area contributed by atoms with Crippen molar-refractivity contribution in [1.82, 2.24) is 9.97 Å². The summed E-state index contributed by atoms with van der Waals surface area (Å²) in [6.07, 6.45) is 1.77. The molecule has 0 unspecified atom stereocenters. The van der Waals surface area contributed by atoms with Crippen molar-refractivity contribution in [2.24, 2.45) is 0 Å². The van der Waals surface area contributed by atoms with Gasteiger partial charge in [0.25, 0.3) is 0 Å². The van der Waals surface area contributed by atoms with Crippen LogP contribution in [0.3, 0.4) is 0 Å². The fourth-order valence-corrected chi connectivity index (χ4v) is 2.11. The van der Waals surface area contributed by atoms with Crippen molar-refractivity contribution < 1.29 is 25.8 Å². The molecule has 3 aromatic rings. The van der Waals surface area contributed by atoms with Crippen LogP contribution in [0.5, 0.6) is 11.5 Å². The molecule has 0 N–H and O–H groups in total. The van der Waals surface area contributed by atoms with Gasteiger partial charge in [-0.3, -0.25) is 4.98 Å². The van der Waals surface area contributed by atoms with E-state index in [0.717, 1.165) is 34.1 Å². The fraction of sp³-hybridized carbons (Fsp3) is 0.111. The van der Waals surface area contributed by atoms with E-state index in [1.54, 1.807) is 6.20 Å². The summed E-state index contributed by atoms with van der Waals surface area (Å²) >= 11 is 0. The van der Waals surface area contributed by atoms with Crippen molar-refractivity contribution in [1.29, 1.82) is 0 Å². The summed E-state index contributed by atoms with van der Waals surface area (Å²) in [6, 6.07) is 18.6. The summed E-state index contributed by atoms with van der Waals surface area (Å²) < 4.78 is 5.75. The van der Waals surface area contributed by atoms with E-state index in [9.17, 15) is 0 Å². The number of nitrogens with zero attached hydrogens (tertiary/aromatic N) is 2. The van der Waals surface area contributed by atoms with Crippen molar-refractivity contribution in [2.45, 2.75) is 13.8 Å². The molecule has 0 aliphatic heterocycles. The maximum atomic E-state index is 5.75. The number of benzene rings is 2. The van der Waals surface area contributed by atoms with Gasteiger partial charge in [0, 0.05) is 44.4 Å². The first-order valence-corrected chi connectivity index (χ1v) is 6.77. The number of hydrogen-bond acceptors (Lipinski definition) is 3. The predicted octanol–water partition coefficient (Wildman–Crippen LogP) is 4.35. The summed E-state index contributed by atoms with van der Waals surface area (Å²) in [5.74, 6) is 1.56. The summed E-state index contributed by atoms with van der Waals surface area (Å²) in [6.45, 7) is 3.89. The first-order chi connectivity index (χ1) is 10.2. The van der Waals surface area contributed by atoms with Gasteiger partial charge in [-0.05, 0) is 26.0 Å². The van der Waals surface area contributed by atoms with Crippen LogP contribution in [0.25, 0.3) is 11.3 Å². The molecule has 0 bridgehead atoms. The Kier molecular flexibility index (Phi) is 5.45. The van der Waals surface area contributed by atoms with Gasteiger partial charge in [-0.25, -0.2) is 0 Å². The van der Waals surface area contributed by atoms with Gasteiger partial charge in [-0.2, -0.15) is 0 Å². The van der Waals surface area contributed by atoms with Gasteiger partial charge in [0.15, 0.2) is 0 Å². The molecule has 0 fully saturated rings. The Hall–Kier alpha value is -1.99. The van der Waals surface area contributed by atoms with Gasteiger partial charge >= 0.3 is 0 Å². The Morgan fingerprint density at radius 3 is 2.36 bits per heavy atom. The third-order valence-corrected chi connectivity index (χ3v) is 3.09. The second-order valence-electron chi connectivity index (χ2n) is 4.80. The van der Waals surface area contributed by atoms with E-state index in [-0.39, 0.29) is 21.1 Å². The van der Waals surface area contributed by atoms with Crippen LogP contribution in [0.4, 0.5) is 0 Å². The zero-order chi connectivity index (χ0) is 14.7. The van der Waals surface area contributed by atoms with Crippen LogP contribution in [0, 0.1) is 19.9 Å². The Bertz CT molecular complexity index is 743. The van der Waals surface area contributed by atoms with Crippen LogP contribution in [-0.2, 0) is 21.1 Å². The van der Waals surface area contributed by atoms with Crippen molar-refractivity contribution in [3.63, 3.8) is 0 Å². The molecule has 0 aliphatic rings. The van der Waals surface area contributed by atoms with Gasteiger partial charge < -0.3 is 9.72 Å². The number of rotatable bonds is 3. The van der Waals surface area contributed by atoms with E-state index in [0.29, 0.717) is 0 Å². The summed E-state index contributed by atoms with van der Waals surface area (Å²) in [7, 11) is 0. The minimum atomic E-state index is 0. The maximum absolute atomic E-state index is 5.75. The van der Waals surface area contributed by atoms with E-state index in [1.807, 2.05) is 62.4 Å². The largest absolute Gasteiger partial charge is 0.502 e. The zero-order valence-corrected chi connectivity index (χ0v) is 14.6. The van der Waals surface area contributed by atoms with Gasteiger partial charge in [0.2, 0.25) is 0 Å². The smallest absolute Gasteiger partial charge is 0.114 e. The molecule has 4 heteroatoms. The molecule has 0 saturated heterocycles. The van der Waals surface area contributed by atoms with Crippen molar-refractivity contribution in [2.75, 3.05) is 0 Å². The maximum Gasteiger partial charge on any atom is 0.114 e. The van der Waals surface area contributed by atoms with E-state index in [1.165, 1.54) is 0 Å². The van der Waals surface area contributed by atoms with Crippen LogP contribution >= 0.6 is 0 Å². The van der Waals surface area contributed by atoms with Crippen LogP contribution in [0.2, 0.25) is 0 Å². The van der Waals surface area contributed by atoms with Crippen LogP contribution in [0.15, 0.2) is 54.7 Å². The monoisotopic (exact) mass is 470 g/mol. The number of ether oxygens (including phenoxy) is 1. The molecule has 0 saturated carbocycles. The Morgan fingerprint density at radius 1 is 0.955 bits per heavy atom. The van der Waals surface area contributed by atoms with Gasteiger partial charge in [-0.15, -0.1) is 29.8 Å². The molecule has 114 valence electrons. The van der Waals surface area contributed by atoms with E-state index >= 15 is 0 Å². The van der Waals surface area contributed by atoms with Crippen molar-refractivity contribution in [3.05, 3.63) is 72.2 Å². The third kappa shape index (κ3) is 3.80. The molecule has 2 aromatic carbocycles. The molecular weight excluding hydrogens is 455 g/mol. The zero-order valence-electron chi connectivity index (χ0n) is 12.3.